The first-order chi connectivity index (χ1) is 4.93. The van der Waals surface area contributed by atoms with Crippen molar-refractivity contribution < 1.29 is 4.84 Å². The van der Waals surface area contributed by atoms with Crippen molar-refractivity contribution in [1.82, 2.24) is 0 Å². The van der Waals surface area contributed by atoms with Crippen LogP contribution in [0.5, 0.6) is 5.75 Å². The third-order valence-electron chi connectivity index (χ3n) is 1.01. The van der Waals surface area contributed by atoms with Crippen molar-refractivity contribution in [3.8, 4) is 5.75 Å². The van der Waals surface area contributed by atoms with Crippen LogP contribution in [0.25, 0.3) is 0 Å². The van der Waals surface area contributed by atoms with E-state index in [0.717, 1.165) is 5.75 Å². The zero-order chi connectivity index (χ0) is 7.23. The molecule has 0 aromatic heterocycles. The van der Waals surface area contributed by atoms with E-state index in [1.165, 1.54) is 0 Å². The van der Waals surface area contributed by atoms with Crippen LogP contribution in [0.3, 0.4) is 0 Å². The van der Waals surface area contributed by atoms with Crippen LogP contribution in [0, 0.1) is 0 Å². The molecule has 0 radical (unpaired) electrons. The van der Waals surface area contributed by atoms with E-state index in [1.807, 2.05) is 37.3 Å². The molecule has 0 saturated carbocycles. The van der Waals surface area contributed by atoms with Gasteiger partial charge in [0.15, 0.2) is 5.75 Å². The number of hydrogen-bond acceptors (Lipinski definition) is 2. The maximum Gasteiger partial charge on any atom is 0.157 e. The minimum atomic E-state index is 0.764. The van der Waals surface area contributed by atoms with Crippen LogP contribution in [0.1, 0.15) is 6.92 Å². The molecule has 0 unspecified atom stereocenters. The van der Waals surface area contributed by atoms with Gasteiger partial charge >= 0.3 is 0 Å². The van der Waals surface area contributed by atoms with Gasteiger partial charge in [-0.25, -0.2) is 0 Å². The highest BCUT2D eigenvalue weighted by atomic mass is 16.6. The summed E-state index contributed by atoms with van der Waals surface area (Å²) in [6.45, 7) is 1.81. The molecule has 10 heavy (non-hydrogen) atoms. The molecule has 0 atom stereocenters. The predicted molar refractivity (Wildman–Crippen MR) is 41.2 cm³/mol. The van der Waals surface area contributed by atoms with Gasteiger partial charge in [-0.1, -0.05) is 23.4 Å². The monoisotopic (exact) mass is 135 g/mol. The van der Waals surface area contributed by atoms with Crippen LogP contribution in [0.4, 0.5) is 0 Å². The van der Waals surface area contributed by atoms with Gasteiger partial charge in [0.25, 0.3) is 0 Å². The topological polar surface area (TPSA) is 21.6 Å². The molecule has 0 aliphatic rings. The number of oxime groups is 1. The van der Waals surface area contributed by atoms with E-state index in [4.69, 9.17) is 4.84 Å². The molecule has 0 fully saturated rings. The molecule has 1 rings (SSSR count). The maximum absolute atomic E-state index is 4.92. The van der Waals surface area contributed by atoms with Crippen LogP contribution in [0.15, 0.2) is 35.5 Å². The van der Waals surface area contributed by atoms with E-state index in [2.05, 4.69) is 5.16 Å². The molecule has 1 aromatic rings. The normalized spacial score (nSPS) is 10.1. The Kier molecular flexibility index (Phi) is 2.49. The summed E-state index contributed by atoms with van der Waals surface area (Å²) in [5, 5.41) is 3.62. The van der Waals surface area contributed by atoms with Crippen LogP contribution in [-0.4, -0.2) is 6.21 Å². The quantitative estimate of drug-likeness (QED) is 0.449. The highest BCUT2D eigenvalue weighted by Gasteiger charge is 1.84. The fraction of sp³-hybridized carbons (Fsp3) is 0.125. The maximum atomic E-state index is 4.92. The zero-order valence-electron chi connectivity index (χ0n) is 5.82. The molecule has 0 N–H and O–H groups in total. The number of hydrogen-bond donors (Lipinski definition) is 0. The Labute approximate surface area is 60.1 Å². The molecular weight excluding hydrogens is 126 g/mol. The Bertz CT molecular complexity index is 206. The molecule has 0 saturated heterocycles. The number of para-hydroxylation sites is 1. The van der Waals surface area contributed by atoms with Gasteiger partial charge in [0.1, 0.15) is 0 Å². The van der Waals surface area contributed by atoms with Crippen molar-refractivity contribution in [3.05, 3.63) is 30.3 Å². The fourth-order valence-corrected chi connectivity index (χ4v) is 0.595. The second-order valence-electron chi connectivity index (χ2n) is 1.77. The molecule has 0 heterocycles. The number of nitrogens with zero attached hydrogens (tertiary/aromatic N) is 1. The van der Waals surface area contributed by atoms with Crippen molar-refractivity contribution in [2.24, 2.45) is 5.16 Å². The SMILES string of the molecule is C/C=N/Oc1ccccc1. The van der Waals surface area contributed by atoms with Gasteiger partial charge < -0.3 is 4.84 Å². The van der Waals surface area contributed by atoms with Crippen LogP contribution < -0.4 is 4.84 Å². The van der Waals surface area contributed by atoms with Gasteiger partial charge in [-0.15, -0.1) is 0 Å². The third-order valence-corrected chi connectivity index (χ3v) is 1.01. The van der Waals surface area contributed by atoms with Gasteiger partial charge in [0.2, 0.25) is 0 Å². The highest BCUT2D eigenvalue weighted by Crippen LogP contribution is 2.07. The first kappa shape index (κ1) is 6.81. The van der Waals surface area contributed by atoms with Crippen LogP contribution in [0.2, 0.25) is 0 Å². The van der Waals surface area contributed by atoms with Crippen LogP contribution in [-0.2, 0) is 0 Å². The average molecular weight is 135 g/mol. The molecule has 0 amide bonds. The second kappa shape index (κ2) is 3.67. The fourth-order valence-electron chi connectivity index (χ4n) is 0.595. The molecular formula is C8H9NO. The lowest BCUT2D eigenvalue weighted by Gasteiger charge is -1.93. The summed E-state index contributed by atoms with van der Waals surface area (Å²) in [6.07, 6.45) is 1.60. The summed E-state index contributed by atoms with van der Waals surface area (Å²) in [4.78, 5) is 4.92. The Hall–Kier alpha value is -1.31. The zero-order valence-corrected chi connectivity index (χ0v) is 5.82. The molecule has 2 heteroatoms. The van der Waals surface area contributed by atoms with E-state index in [-0.39, 0.29) is 0 Å². The van der Waals surface area contributed by atoms with E-state index >= 15 is 0 Å². The number of benzene rings is 1. The second-order valence-corrected chi connectivity index (χ2v) is 1.77. The average Bonchev–Trinajstić information content (AvgIpc) is 2.03. The number of rotatable bonds is 2. The Morgan fingerprint density at radius 1 is 1.30 bits per heavy atom. The Balaban J connectivity index is 2.59. The summed E-state index contributed by atoms with van der Waals surface area (Å²) in [5.41, 5.74) is 0. The van der Waals surface area contributed by atoms with Gasteiger partial charge in [-0.3, -0.25) is 0 Å². The molecule has 0 aliphatic carbocycles. The first-order valence-corrected chi connectivity index (χ1v) is 3.13. The first-order valence-electron chi connectivity index (χ1n) is 3.13. The Morgan fingerprint density at radius 2 is 2.00 bits per heavy atom. The Morgan fingerprint density at radius 3 is 2.60 bits per heavy atom. The van der Waals surface area contributed by atoms with Crippen molar-refractivity contribution in [2.45, 2.75) is 6.92 Å². The van der Waals surface area contributed by atoms with Gasteiger partial charge in [0.05, 0.1) is 0 Å². The summed E-state index contributed by atoms with van der Waals surface area (Å²) < 4.78 is 0. The summed E-state index contributed by atoms with van der Waals surface area (Å²) in [5.74, 6) is 0.764. The van der Waals surface area contributed by atoms with E-state index in [9.17, 15) is 0 Å². The lowest BCUT2D eigenvalue weighted by atomic mass is 10.3. The lowest BCUT2D eigenvalue weighted by molar-refractivity contribution is 0.343. The molecule has 2 nitrogen and oxygen atoms in total. The van der Waals surface area contributed by atoms with Gasteiger partial charge in [0, 0.05) is 6.21 Å². The lowest BCUT2D eigenvalue weighted by Crippen LogP contribution is -1.80. The smallest absolute Gasteiger partial charge is 0.157 e. The van der Waals surface area contributed by atoms with E-state index in [1.54, 1.807) is 6.21 Å². The molecule has 0 bridgehead atoms. The minimum absolute atomic E-state index is 0.764. The molecule has 0 aliphatic heterocycles. The van der Waals surface area contributed by atoms with E-state index in [0.29, 0.717) is 0 Å². The summed E-state index contributed by atoms with van der Waals surface area (Å²) in [7, 11) is 0. The largest absolute Gasteiger partial charge is 0.357 e. The van der Waals surface area contributed by atoms with Crippen molar-refractivity contribution in [1.29, 1.82) is 0 Å². The van der Waals surface area contributed by atoms with Crippen molar-refractivity contribution >= 4 is 6.21 Å². The highest BCUT2D eigenvalue weighted by molar-refractivity contribution is 5.52. The minimum Gasteiger partial charge on any atom is -0.357 e. The van der Waals surface area contributed by atoms with Crippen molar-refractivity contribution in [2.75, 3.05) is 0 Å². The summed E-state index contributed by atoms with van der Waals surface area (Å²) in [6, 6.07) is 9.45. The standard InChI is InChI=1S/C8H9NO/c1-2-9-10-8-6-4-3-5-7-8/h2-7H,1H3/b9-2+. The predicted octanol–water partition coefficient (Wildman–Crippen LogP) is 2.07. The molecule has 52 valence electrons. The molecule has 0 spiro atoms. The van der Waals surface area contributed by atoms with E-state index < -0.39 is 0 Å². The summed E-state index contributed by atoms with van der Waals surface area (Å²) >= 11 is 0. The molecule has 1 aromatic carbocycles. The van der Waals surface area contributed by atoms with Gasteiger partial charge in [-0.05, 0) is 19.1 Å². The van der Waals surface area contributed by atoms with Crippen LogP contribution >= 0.6 is 0 Å². The third kappa shape index (κ3) is 1.90. The van der Waals surface area contributed by atoms with Crippen molar-refractivity contribution in [3.63, 3.8) is 0 Å². The van der Waals surface area contributed by atoms with Gasteiger partial charge in [-0.2, -0.15) is 0 Å².